The van der Waals surface area contributed by atoms with E-state index in [0.717, 1.165) is 37.3 Å². The van der Waals surface area contributed by atoms with Crippen LogP contribution in [0.25, 0.3) is 11.4 Å². The molecule has 3 rings (SSSR count). The lowest BCUT2D eigenvalue weighted by atomic mass is 10.0. The van der Waals surface area contributed by atoms with Crippen molar-refractivity contribution in [3.05, 3.63) is 47.8 Å². The zero-order valence-electron chi connectivity index (χ0n) is 23.1. The van der Waals surface area contributed by atoms with Gasteiger partial charge in [-0.1, -0.05) is 89.0 Å². The van der Waals surface area contributed by atoms with E-state index < -0.39 is 0 Å². The van der Waals surface area contributed by atoms with Gasteiger partial charge in [-0.3, -0.25) is 0 Å². The van der Waals surface area contributed by atoms with Gasteiger partial charge in [-0.25, -0.2) is 9.97 Å². The van der Waals surface area contributed by atoms with Gasteiger partial charge in [-0.05, 0) is 69.4 Å². The predicted octanol–water partition coefficient (Wildman–Crippen LogP) is 8.86. The van der Waals surface area contributed by atoms with Gasteiger partial charge in [0.25, 0.3) is 0 Å². The molecule has 4 heteroatoms. The Labute approximate surface area is 220 Å². The van der Waals surface area contributed by atoms with Crippen molar-refractivity contribution in [3.8, 4) is 11.4 Å². The molecular weight excluding hydrogens is 444 g/mol. The zero-order chi connectivity index (χ0) is 25.3. The molecule has 2 heterocycles. The van der Waals surface area contributed by atoms with E-state index in [0.29, 0.717) is 0 Å². The van der Waals surface area contributed by atoms with E-state index in [1.807, 2.05) is 12.4 Å². The fraction of sp³-hybridized carbons (Fsp3) is 0.688. The maximum atomic E-state index is 6.02. The van der Waals surface area contributed by atoms with Crippen molar-refractivity contribution < 1.29 is 9.47 Å². The maximum Gasteiger partial charge on any atom is 0.159 e. The average Bonchev–Trinajstić information content (AvgIpc) is 2.91. The van der Waals surface area contributed by atoms with Gasteiger partial charge >= 0.3 is 0 Å². The van der Waals surface area contributed by atoms with Crippen molar-refractivity contribution in [2.24, 2.45) is 0 Å². The van der Waals surface area contributed by atoms with Crippen molar-refractivity contribution in [1.82, 2.24) is 9.97 Å². The molecule has 2 atom stereocenters. The molecule has 1 fully saturated rings. The molecule has 2 unspecified atom stereocenters. The molecule has 0 aliphatic carbocycles. The molecule has 2 aromatic rings. The van der Waals surface area contributed by atoms with Crippen LogP contribution in [0, 0.1) is 0 Å². The summed E-state index contributed by atoms with van der Waals surface area (Å²) in [5, 5.41) is 0. The van der Waals surface area contributed by atoms with Crippen molar-refractivity contribution >= 4 is 0 Å². The molecular formula is C32H50N2O2. The van der Waals surface area contributed by atoms with Crippen LogP contribution in [0.15, 0.2) is 36.7 Å². The summed E-state index contributed by atoms with van der Waals surface area (Å²) in [4.78, 5) is 9.29. The van der Waals surface area contributed by atoms with Gasteiger partial charge < -0.3 is 9.47 Å². The molecule has 0 N–H and O–H groups in total. The normalized spacial score (nSPS) is 16.8. The molecule has 1 aliphatic rings. The molecule has 200 valence electrons. The fourth-order valence-electron chi connectivity index (χ4n) is 5.00. The lowest BCUT2D eigenvalue weighted by Gasteiger charge is -2.26. The highest BCUT2D eigenvalue weighted by Crippen LogP contribution is 2.20. The second-order valence-electron chi connectivity index (χ2n) is 10.7. The van der Waals surface area contributed by atoms with Crippen LogP contribution in [0.4, 0.5) is 0 Å². The SMILES string of the molecule is CCCCCCCCCCc1ccc(-c2ncc(CCCCCC(C)OC3CCCCO3)cn2)cc1. The Morgan fingerprint density at radius 3 is 2.11 bits per heavy atom. The van der Waals surface area contributed by atoms with E-state index in [1.54, 1.807) is 0 Å². The molecule has 0 saturated carbocycles. The third-order valence-electron chi connectivity index (χ3n) is 7.33. The second-order valence-corrected chi connectivity index (χ2v) is 10.7. The van der Waals surface area contributed by atoms with Crippen molar-refractivity contribution in [2.75, 3.05) is 6.61 Å². The van der Waals surface area contributed by atoms with Gasteiger partial charge in [-0.2, -0.15) is 0 Å². The summed E-state index contributed by atoms with van der Waals surface area (Å²) in [7, 11) is 0. The van der Waals surface area contributed by atoms with Crippen LogP contribution in [-0.2, 0) is 22.3 Å². The highest BCUT2D eigenvalue weighted by molar-refractivity contribution is 5.55. The fourth-order valence-corrected chi connectivity index (χ4v) is 5.00. The largest absolute Gasteiger partial charge is 0.353 e. The minimum absolute atomic E-state index is 0.0236. The predicted molar refractivity (Wildman–Crippen MR) is 150 cm³/mol. The maximum absolute atomic E-state index is 6.02. The Morgan fingerprint density at radius 1 is 0.806 bits per heavy atom. The third-order valence-corrected chi connectivity index (χ3v) is 7.33. The zero-order valence-corrected chi connectivity index (χ0v) is 23.1. The van der Waals surface area contributed by atoms with Gasteiger partial charge in [0.2, 0.25) is 0 Å². The lowest BCUT2D eigenvalue weighted by molar-refractivity contribution is -0.185. The molecule has 0 spiro atoms. The highest BCUT2D eigenvalue weighted by atomic mass is 16.7. The Bertz CT molecular complexity index is 800. The monoisotopic (exact) mass is 494 g/mol. The summed E-state index contributed by atoms with van der Waals surface area (Å²) in [5.41, 5.74) is 3.76. The Hall–Kier alpha value is -1.78. The van der Waals surface area contributed by atoms with Gasteiger partial charge in [0.05, 0.1) is 6.10 Å². The van der Waals surface area contributed by atoms with Crippen LogP contribution in [0.5, 0.6) is 0 Å². The quantitative estimate of drug-likeness (QED) is 0.194. The summed E-state index contributed by atoms with van der Waals surface area (Å²) >= 11 is 0. The number of benzene rings is 1. The molecule has 4 nitrogen and oxygen atoms in total. The smallest absolute Gasteiger partial charge is 0.159 e. The van der Waals surface area contributed by atoms with Crippen LogP contribution >= 0.6 is 0 Å². The van der Waals surface area contributed by atoms with Gasteiger partial charge in [0.15, 0.2) is 12.1 Å². The van der Waals surface area contributed by atoms with E-state index in [2.05, 4.69) is 48.1 Å². The first-order valence-corrected chi connectivity index (χ1v) is 14.9. The molecule has 1 aromatic heterocycles. The van der Waals surface area contributed by atoms with Crippen LogP contribution in [0.2, 0.25) is 0 Å². The summed E-state index contributed by atoms with van der Waals surface area (Å²) in [6, 6.07) is 8.85. The first kappa shape index (κ1) is 28.8. The molecule has 1 aliphatic heterocycles. The van der Waals surface area contributed by atoms with E-state index >= 15 is 0 Å². The second kappa shape index (κ2) is 17.6. The summed E-state index contributed by atoms with van der Waals surface area (Å²) in [6.07, 6.45) is 25.6. The van der Waals surface area contributed by atoms with Gasteiger partial charge in [-0.15, -0.1) is 0 Å². The molecule has 36 heavy (non-hydrogen) atoms. The molecule has 0 radical (unpaired) electrons. The van der Waals surface area contributed by atoms with Crippen LogP contribution in [0.3, 0.4) is 0 Å². The number of rotatable bonds is 18. The van der Waals surface area contributed by atoms with Crippen molar-refractivity contribution in [2.45, 2.75) is 135 Å². The number of unbranched alkanes of at least 4 members (excludes halogenated alkanes) is 9. The minimum atomic E-state index is 0.0236. The Morgan fingerprint density at radius 2 is 1.44 bits per heavy atom. The summed E-state index contributed by atoms with van der Waals surface area (Å²) in [5.74, 6) is 0.827. The first-order valence-electron chi connectivity index (χ1n) is 14.9. The Kier molecular flexibility index (Phi) is 14.1. The van der Waals surface area contributed by atoms with Crippen LogP contribution < -0.4 is 0 Å². The highest BCUT2D eigenvalue weighted by Gasteiger charge is 2.16. The minimum Gasteiger partial charge on any atom is -0.353 e. The number of hydrogen-bond acceptors (Lipinski definition) is 4. The van der Waals surface area contributed by atoms with E-state index in [9.17, 15) is 0 Å². The standard InChI is InChI=1S/C32H50N2O2/c1-3-4-5-6-7-8-9-12-17-28-20-22-30(23-21-28)32-33-25-29(26-34-32)18-13-10-11-16-27(2)36-31-19-14-15-24-35-31/h20-23,25-27,31H,3-19,24H2,1-2H3. The van der Waals surface area contributed by atoms with Crippen LogP contribution in [0.1, 0.15) is 121 Å². The lowest BCUT2D eigenvalue weighted by Crippen LogP contribution is -2.26. The Balaban J connectivity index is 1.27. The molecule has 0 bridgehead atoms. The van der Waals surface area contributed by atoms with Crippen molar-refractivity contribution in [1.29, 1.82) is 0 Å². The summed E-state index contributed by atoms with van der Waals surface area (Å²) in [6.45, 7) is 5.30. The average molecular weight is 495 g/mol. The van der Waals surface area contributed by atoms with Crippen LogP contribution in [-0.4, -0.2) is 29.0 Å². The number of aryl methyl sites for hydroxylation is 2. The first-order chi connectivity index (χ1) is 17.7. The topological polar surface area (TPSA) is 44.2 Å². The van der Waals surface area contributed by atoms with E-state index in [4.69, 9.17) is 9.47 Å². The van der Waals surface area contributed by atoms with E-state index in [1.165, 1.54) is 101 Å². The van der Waals surface area contributed by atoms with Crippen molar-refractivity contribution in [3.63, 3.8) is 0 Å². The number of hydrogen-bond donors (Lipinski definition) is 0. The molecule has 1 saturated heterocycles. The van der Waals surface area contributed by atoms with Gasteiger partial charge in [0, 0.05) is 24.6 Å². The molecule has 1 aromatic carbocycles. The number of nitrogens with zero attached hydrogens (tertiary/aromatic N) is 2. The molecule has 0 amide bonds. The van der Waals surface area contributed by atoms with Gasteiger partial charge in [0.1, 0.15) is 0 Å². The summed E-state index contributed by atoms with van der Waals surface area (Å²) < 4.78 is 11.7. The number of ether oxygens (including phenoxy) is 2. The van der Waals surface area contributed by atoms with E-state index in [-0.39, 0.29) is 12.4 Å². The number of aromatic nitrogens is 2. The third kappa shape index (κ3) is 11.5.